The molecule has 0 radical (unpaired) electrons. The van der Waals surface area contributed by atoms with Crippen molar-refractivity contribution in [1.82, 2.24) is 10.2 Å². The predicted molar refractivity (Wildman–Crippen MR) is 91.7 cm³/mol. The molecule has 0 saturated carbocycles. The van der Waals surface area contributed by atoms with E-state index in [0.717, 1.165) is 19.6 Å². The summed E-state index contributed by atoms with van der Waals surface area (Å²) in [7, 11) is 0. The number of nitrogens with one attached hydrogen (secondary N) is 1. The SMILES string of the molecule is CCC1(CC)CNC(C)(C)CN1Cc1cc(C)cc(C)c1. The first-order valence-electron chi connectivity index (χ1n) is 8.37. The van der Waals surface area contributed by atoms with E-state index in [0.29, 0.717) is 5.54 Å². The third-order valence-corrected chi connectivity index (χ3v) is 5.12. The Balaban J connectivity index is 2.27. The van der Waals surface area contributed by atoms with Gasteiger partial charge in [-0.15, -0.1) is 0 Å². The lowest BCUT2D eigenvalue weighted by Gasteiger charge is -2.52. The standard InChI is InChI=1S/C19H32N2/c1-7-19(8-2)13-20-18(5,6)14-21(19)12-17-10-15(3)9-16(4)11-17/h9-11,20H,7-8,12-14H2,1-6H3. The molecule has 0 atom stereocenters. The van der Waals surface area contributed by atoms with Gasteiger partial charge >= 0.3 is 0 Å². The van der Waals surface area contributed by atoms with Crippen LogP contribution in [0.3, 0.4) is 0 Å². The number of aryl methyl sites for hydroxylation is 2. The summed E-state index contributed by atoms with van der Waals surface area (Å²) >= 11 is 0. The first kappa shape index (κ1) is 16.5. The highest BCUT2D eigenvalue weighted by molar-refractivity contribution is 5.28. The molecule has 0 spiro atoms. The minimum atomic E-state index is 0.201. The van der Waals surface area contributed by atoms with E-state index in [-0.39, 0.29) is 5.54 Å². The number of hydrogen-bond donors (Lipinski definition) is 1. The number of piperazine rings is 1. The van der Waals surface area contributed by atoms with Gasteiger partial charge in [0.1, 0.15) is 0 Å². The largest absolute Gasteiger partial charge is 0.309 e. The highest BCUT2D eigenvalue weighted by Gasteiger charge is 2.41. The summed E-state index contributed by atoms with van der Waals surface area (Å²) in [6.45, 7) is 17.0. The summed E-state index contributed by atoms with van der Waals surface area (Å²) in [5, 5.41) is 3.75. The van der Waals surface area contributed by atoms with Crippen LogP contribution in [0.15, 0.2) is 18.2 Å². The van der Waals surface area contributed by atoms with E-state index in [1.54, 1.807) is 0 Å². The maximum Gasteiger partial charge on any atom is 0.0333 e. The van der Waals surface area contributed by atoms with Crippen LogP contribution in [0.2, 0.25) is 0 Å². The lowest BCUT2D eigenvalue weighted by Crippen LogP contribution is -2.67. The zero-order chi connectivity index (χ0) is 15.7. The Morgan fingerprint density at radius 3 is 2.14 bits per heavy atom. The molecule has 0 unspecified atom stereocenters. The summed E-state index contributed by atoms with van der Waals surface area (Å²) in [5.41, 5.74) is 4.70. The van der Waals surface area contributed by atoms with E-state index in [9.17, 15) is 0 Å². The first-order chi connectivity index (χ1) is 9.80. The Kier molecular flexibility index (Phi) is 4.79. The second kappa shape index (κ2) is 6.10. The van der Waals surface area contributed by atoms with E-state index in [4.69, 9.17) is 0 Å². The van der Waals surface area contributed by atoms with Crippen molar-refractivity contribution in [3.63, 3.8) is 0 Å². The lowest BCUT2D eigenvalue weighted by molar-refractivity contribution is 0.00232. The third-order valence-electron chi connectivity index (χ3n) is 5.12. The van der Waals surface area contributed by atoms with E-state index < -0.39 is 0 Å². The molecule has 2 heteroatoms. The Labute approximate surface area is 130 Å². The van der Waals surface area contributed by atoms with Crippen LogP contribution in [0, 0.1) is 13.8 Å². The molecule has 1 fully saturated rings. The fraction of sp³-hybridized carbons (Fsp3) is 0.684. The topological polar surface area (TPSA) is 15.3 Å². The Bertz CT molecular complexity index is 466. The van der Waals surface area contributed by atoms with Crippen molar-refractivity contribution in [3.05, 3.63) is 34.9 Å². The molecule has 0 aliphatic carbocycles. The summed E-state index contributed by atoms with van der Waals surface area (Å²) < 4.78 is 0. The molecule has 0 amide bonds. The fourth-order valence-electron chi connectivity index (χ4n) is 3.77. The zero-order valence-electron chi connectivity index (χ0n) is 14.7. The van der Waals surface area contributed by atoms with Crippen LogP contribution in [0.25, 0.3) is 0 Å². The van der Waals surface area contributed by atoms with Crippen LogP contribution in [0.1, 0.15) is 57.2 Å². The van der Waals surface area contributed by atoms with Gasteiger partial charge in [0.25, 0.3) is 0 Å². The summed E-state index contributed by atoms with van der Waals surface area (Å²) in [4.78, 5) is 2.72. The van der Waals surface area contributed by atoms with Crippen LogP contribution in [-0.2, 0) is 6.54 Å². The van der Waals surface area contributed by atoms with Crippen LogP contribution in [0.4, 0.5) is 0 Å². The summed E-state index contributed by atoms with van der Waals surface area (Å²) in [5.74, 6) is 0. The lowest BCUT2D eigenvalue weighted by atomic mass is 9.83. The predicted octanol–water partition coefficient (Wildman–Crippen LogP) is 4.05. The van der Waals surface area contributed by atoms with Gasteiger partial charge in [0.15, 0.2) is 0 Å². The molecular formula is C19H32N2. The maximum absolute atomic E-state index is 3.75. The van der Waals surface area contributed by atoms with E-state index in [2.05, 4.69) is 70.0 Å². The highest BCUT2D eigenvalue weighted by atomic mass is 15.3. The van der Waals surface area contributed by atoms with Crippen molar-refractivity contribution < 1.29 is 0 Å². The molecule has 0 bridgehead atoms. The van der Waals surface area contributed by atoms with Crippen molar-refractivity contribution in [2.75, 3.05) is 13.1 Å². The molecule has 1 aliphatic rings. The highest BCUT2D eigenvalue weighted by Crippen LogP contribution is 2.31. The molecular weight excluding hydrogens is 256 g/mol. The smallest absolute Gasteiger partial charge is 0.0333 e. The number of benzene rings is 1. The van der Waals surface area contributed by atoms with Gasteiger partial charge in [-0.1, -0.05) is 43.2 Å². The van der Waals surface area contributed by atoms with Crippen LogP contribution < -0.4 is 5.32 Å². The molecule has 2 nitrogen and oxygen atoms in total. The van der Waals surface area contributed by atoms with Crippen LogP contribution in [-0.4, -0.2) is 29.1 Å². The third kappa shape index (κ3) is 3.67. The van der Waals surface area contributed by atoms with Crippen LogP contribution in [0.5, 0.6) is 0 Å². The Morgan fingerprint density at radius 2 is 1.62 bits per heavy atom. The number of rotatable bonds is 4. The van der Waals surface area contributed by atoms with Gasteiger partial charge in [-0.25, -0.2) is 0 Å². The van der Waals surface area contributed by atoms with Crippen molar-refractivity contribution in [2.24, 2.45) is 0 Å². The van der Waals surface area contributed by atoms with E-state index >= 15 is 0 Å². The normalized spacial score (nSPS) is 21.4. The quantitative estimate of drug-likeness (QED) is 0.899. The monoisotopic (exact) mass is 288 g/mol. The van der Waals surface area contributed by atoms with Gasteiger partial charge in [0.2, 0.25) is 0 Å². The van der Waals surface area contributed by atoms with E-state index in [1.165, 1.54) is 29.5 Å². The first-order valence-corrected chi connectivity index (χ1v) is 8.37. The molecule has 1 aromatic rings. The molecule has 2 rings (SSSR count). The second-order valence-electron chi connectivity index (χ2n) is 7.52. The minimum absolute atomic E-state index is 0.201. The minimum Gasteiger partial charge on any atom is -0.309 e. The average molecular weight is 288 g/mol. The zero-order valence-corrected chi connectivity index (χ0v) is 14.7. The molecule has 1 aliphatic heterocycles. The fourth-order valence-corrected chi connectivity index (χ4v) is 3.77. The molecule has 0 aromatic heterocycles. The van der Waals surface area contributed by atoms with Gasteiger partial charge in [-0.05, 0) is 46.1 Å². The Hall–Kier alpha value is -0.860. The molecule has 1 aromatic carbocycles. The van der Waals surface area contributed by atoms with Gasteiger partial charge in [0, 0.05) is 30.7 Å². The van der Waals surface area contributed by atoms with Gasteiger partial charge in [0.05, 0.1) is 0 Å². The van der Waals surface area contributed by atoms with Gasteiger partial charge in [-0.3, -0.25) is 4.90 Å². The molecule has 1 heterocycles. The van der Waals surface area contributed by atoms with Crippen molar-refractivity contribution in [2.45, 2.75) is 72.0 Å². The van der Waals surface area contributed by atoms with E-state index in [1.807, 2.05) is 0 Å². The molecule has 21 heavy (non-hydrogen) atoms. The molecule has 1 saturated heterocycles. The molecule has 1 N–H and O–H groups in total. The average Bonchev–Trinajstić information content (AvgIpc) is 2.38. The maximum atomic E-state index is 3.75. The summed E-state index contributed by atoms with van der Waals surface area (Å²) in [6.07, 6.45) is 2.41. The Morgan fingerprint density at radius 1 is 1.05 bits per heavy atom. The van der Waals surface area contributed by atoms with Crippen molar-refractivity contribution in [3.8, 4) is 0 Å². The second-order valence-corrected chi connectivity index (χ2v) is 7.52. The van der Waals surface area contributed by atoms with Crippen LogP contribution >= 0.6 is 0 Å². The van der Waals surface area contributed by atoms with Crippen molar-refractivity contribution in [1.29, 1.82) is 0 Å². The molecule has 118 valence electrons. The number of nitrogens with zero attached hydrogens (tertiary/aromatic N) is 1. The van der Waals surface area contributed by atoms with Gasteiger partial charge in [-0.2, -0.15) is 0 Å². The van der Waals surface area contributed by atoms with Gasteiger partial charge < -0.3 is 5.32 Å². The summed E-state index contributed by atoms with van der Waals surface area (Å²) in [6, 6.07) is 6.95. The number of hydrogen-bond acceptors (Lipinski definition) is 2. The van der Waals surface area contributed by atoms with Crippen molar-refractivity contribution >= 4 is 0 Å².